The van der Waals surface area contributed by atoms with Gasteiger partial charge in [-0.15, -0.1) is 23.1 Å². The summed E-state index contributed by atoms with van der Waals surface area (Å²) in [6, 6.07) is 7.45. The number of hydrogen-bond acceptors (Lipinski definition) is 3. The molecule has 1 nitrogen and oxygen atoms in total. The summed E-state index contributed by atoms with van der Waals surface area (Å²) >= 11 is 2.70. The van der Waals surface area contributed by atoms with Crippen LogP contribution in [0.4, 0.5) is 4.39 Å². The van der Waals surface area contributed by atoms with E-state index in [-0.39, 0.29) is 10.7 Å². The van der Waals surface area contributed by atoms with Gasteiger partial charge in [-0.25, -0.2) is 4.39 Å². The summed E-state index contributed by atoms with van der Waals surface area (Å²) < 4.78 is 14.5. The van der Waals surface area contributed by atoms with Gasteiger partial charge in [0.2, 0.25) is 0 Å². The van der Waals surface area contributed by atoms with E-state index in [1.54, 1.807) is 0 Å². The molecule has 4 heteroatoms. The van der Waals surface area contributed by atoms with Crippen molar-refractivity contribution in [1.82, 2.24) is 0 Å². The van der Waals surface area contributed by atoms with E-state index in [9.17, 15) is 4.39 Å². The van der Waals surface area contributed by atoms with Gasteiger partial charge in [0.05, 0.1) is 0 Å². The van der Waals surface area contributed by atoms with Crippen LogP contribution < -0.4 is 0 Å². The Morgan fingerprint density at radius 3 is 2.93 bits per heavy atom. The Hall–Kier alpha value is -1.05. The molecule has 1 heterocycles. The maximum absolute atomic E-state index is 13.7. The predicted molar refractivity (Wildman–Crippen MR) is 58.3 cm³/mol. The lowest BCUT2D eigenvalue weighted by Gasteiger charge is -1.97. The van der Waals surface area contributed by atoms with Gasteiger partial charge in [-0.3, -0.25) is 0 Å². The fourth-order valence-electron chi connectivity index (χ4n) is 1.32. The molecule has 2 rings (SSSR count). The molecule has 70 valence electrons. The number of thiophene rings is 1. The molecule has 0 saturated carbocycles. The molecule has 0 saturated heterocycles. The van der Waals surface area contributed by atoms with Gasteiger partial charge in [0, 0.05) is 15.0 Å². The third-order valence-electron chi connectivity index (χ3n) is 1.94. The first kappa shape index (κ1) is 9.50. The molecule has 0 radical (unpaired) electrons. The second kappa shape index (κ2) is 3.60. The summed E-state index contributed by atoms with van der Waals surface area (Å²) in [5.41, 5.74) is 0. The van der Waals surface area contributed by atoms with Crippen LogP contribution in [0.1, 0.15) is 4.88 Å². The molecule has 0 aliphatic rings. The second-order valence-electron chi connectivity index (χ2n) is 2.69. The Kier molecular flexibility index (Phi) is 2.44. The normalized spacial score (nSPS) is 10.4. The third-order valence-corrected chi connectivity index (χ3v) is 3.76. The van der Waals surface area contributed by atoms with Crippen LogP contribution in [0.2, 0.25) is 0 Å². The van der Waals surface area contributed by atoms with Gasteiger partial charge in [0.15, 0.2) is 5.82 Å². The zero-order valence-electron chi connectivity index (χ0n) is 7.37. The van der Waals surface area contributed by atoms with Crippen LogP contribution in [0.3, 0.4) is 0 Å². The predicted octanol–water partition coefficient (Wildman–Crippen LogP) is 3.63. The molecular formula is C10H6FNS2. The average Bonchev–Trinajstić information content (AvgIpc) is 2.55. The highest BCUT2D eigenvalue weighted by molar-refractivity contribution is 7.98. The van der Waals surface area contributed by atoms with E-state index in [4.69, 9.17) is 5.26 Å². The lowest BCUT2D eigenvalue weighted by atomic mass is 10.2. The first-order valence-electron chi connectivity index (χ1n) is 3.93. The Labute approximate surface area is 89.2 Å². The van der Waals surface area contributed by atoms with Crippen molar-refractivity contribution in [3.63, 3.8) is 0 Å². The van der Waals surface area contributed by atoms with Crippen LogP contribution in [-0.4, -0.2) is 6.26 Å². The molecule has 0 amide bonds. The second-order valence-corrected chi connectivity index (χ2v) is 4.59. The molecule has 0 aliphatic heterocycles. The molecule has 0 aliphatic carbocycles. The molecule has 0 N–H and O–H groups in total. The van der Waals surface area contributed by atoms with E-state index in [0.717, 1.165) is 9.60 Å². The van der Waals surface area contributed by atoms with Crippen molar-refractivity contribution in [3.8, 4) is 6.07 Å². The molecular weight excluding hydrogens is 217 g/mol. The number of halogens is 1. The van der Waals surface area contributed by atoms with Gasteiger partial charge < -0.3 is 0 Å². The number of thioether (sulfide) groups is 1. The lowest BCUT2D eigenvalue weighted by molar-refractivity contribution is 0.639. The van der Waals surface area contributed by atoms with Gasteiger partial charge in [-0.05, 0) is 18.4 Å². The van der Waals surface area contributed by atoms with Crippen LogP contribution in [0.25, 0.3) is 10.1 Å². The highest BCUT2D eigenvalue weighted by atomic mass is 32.2. The highest BCUT2D eigenvalue weighted by Crippen LogP contribution is 2.35. The van der Waals surface area contributed by atoms with E-state index < -0.39 is 0 Å². The van der Waals surface area contributed by atoms with Crippen molar-refractivity contribution >= 4 is 33.2 Å². The quantitative estimate of drug-likeness (QED) is 0.689. The van der Waals surface area contributed by atoms with E-state index in [1.165, 1.54) is 23.1 Å². The van der Waals surface area contributed by atoms with Gasteiger partial charge in [-0.2, -0.15) is 5.26 Å². The van der Waals surface area contributed by atoms with Crippen molar-refractivity contribution in [1.29, 1.82) is 5.26 Å². The minimum atomic E-state index is -0.377. The molecule has 1 aromatic heterocycles. The van der Waals surface area contributed by atoms with E-state index >= 15 is 0 Å². The first-order chi connectivity index (χ1) is 6.77. The van der Waals surface area contributed by atoms with Gasteiger partial charge in [-0.1, -0.05) is 6.07 Å². The highest BCUT2D eigenvalue weighted by Gasteiger charge is 2.13. The number of fused-ring (bicyclic) bond motifs is 1. The van der Waals surface area contributed by atoms with Crippen molar-refractivity contribution in [2.45, 2.75) is 4.90 Å². The average molecular weight is 223 g/mol. The SMILES string of the molecule is CSc1cccc2sc(C#N)c(F)c12. The van der Waals surface area contributed by atoms with Crippen molar-refractivity contribution in [2.24, 2.45) is 0 Å². The molecule has 0 unspecified atom stereocenters. The first-order valence-corrected chi connectivity index (χ1v) is 5.97. The third kappa shape index (κ3) is 1.29. The molecule has 14 heavy (non-hydrogen) atoms. The topological polar surface area (TPSA) is 23.8 Å². The van der Waals surface area contributed by atoms with Gasteiger partial charge in [0.1, 0.15) is 10.9 Å². The lowest BCUT2D eigenvalue weighted by Crippen LogP contribution is -1.77. The van der Waals surface area contributed by atoms with Crippen LogP contribution in [0, 0.1) is 17.1 Å². The molecule has 0 atom stereocenters. The summed E-state index contributed by atoms with van der Waals surface area (Å²) in [4.78, 5) is 1.05. The number of rotatable bonds is 1. The van der Waals surface area contributed by atoms with Gasteiger partial charge >= 0.3 is 0 Å². The van der Waals surface area contributed by atoms with E-state index in [2.05, 4.69) is 0 Å². The van der Waals surface area contributed by atoms with Crippen molar-refractivity contribution in [3.05, 3.63) is 28.9 Å². The Balaban J connectivity index is 2.87. The van der Waals surface area contributed by atoms with E-state index in [0.29, 0.717) is 5.39 Å². The number of hydrogen-bond donors (Lipinski definition) is 0. The molecule has 0 spiro atoms. The summed E-state index contributed by atoms with van der Waals surface area (Å²) in [5, 5.41) is 9.28. The summed E-state index contributed by atoms with van der Waals surface area (Å²) in [7, 11) is 0. The van der Waals surface area contributed by atoms with E-state index in [1.807, 2.05) is 30.5 Å². The monoisotopic (exact) mass is 223 g/mol. The zero-order valence-corrected chi connectivity index (χ0v) is 9.01. The zero-order chi connectivity index (χ0) is 10.1. The molecule has 1 aromatic carbocycles. The van der Waals surface area contributed by atoms with Crippen LogP contribution >= 0.6 is 23.1 Å². The number of benzene rings is 1. The summed E-state index contributed by atoms with van der Waals surface area (Å²) in [6.45, 7) is 0. The number of nitriles is 1. The minimum Gasteiger partial charge on any atom is -0.204 e. The fraction of sp³-hybridized carbons (Fsp3) is 0.100. The minimum absolute atomic E-state index is 0.168. The van der Waals surface area contributed by atoms with Crippen LogP contribution in [0.5, 0.6) is 0 Å². The molecule has 2 aromatic rings. The fourth-order valence-corrected chi connectivity index (χ4v) is 2.91. The Morgan fingerprint density at radius 2 is 2.29 bits per heavy atom. The molecule has 0 fully saturated rings. The summed E-state index contributed by atoms with van der Waals surface area (Å²) in [5.74, 6) is -0.377. The maximum Gasteiger partial charge on any atom is 0.160 e. The molecule has 0 bridgehead atoms. The van der Waals surface area contributed by atoms with Gasteiger partial charge in [0.25, 0.3) is 0 Å². The summed E-state index contributed by atoms with van der Waals surface area (Å²) in [6.07, 6.45) is 1.90. The van der Waals surface area contributed by atoms with Crippen LogP contribution in [0.15, 0.2) is 23.1 Å². The Morgan fingerprint density at radius 1 is 1.50 bits per heavy atom. The largest absolute Gasteiger partial charge is 0.204 e. The Bertz CT molecular complexity index is 525. The smallest absolute Gasteiger partial charge is 0.160 e. The van der Waals surface area contributed by atoms with Crippen molar-refractivity contribution < 1.29 is 4.39 Å². The van der Waals surface area contributed by atoms with Crippen molar-refractivity contribution in [2.75, 3.05) is 6.26 Å². The number of nitrogens with zero attached hydrogens (tertiary/aromatic N) is 1. The maximum atomic E-state index is 13.7. The van der Waals surface area contributed by atoms with Crippen LogP contribution in [-0.2, 0) is 0 Å². The standard InChI is InChI=1S/C10H6FNS2/c1-13-6-3-2-4-7-9(6)10(11)8(5-12)14-7/h2-4H,1H3.